The van der Waals surface area contributed by atoms with Crippen LogP contribution in [0.5, 0.6) is 0 Å². The molecule has 1 saturated heterocycles. The number of nitrogens with two attached hydrogens (primary N) is 1. The van der Waals surface area contributed by atoms with E-state index in [1.807, 2.05) is 35.9 Å². The van der Waals surface area contributed by atoms with E-state index in [2.05, 4.69) is 4.98 Å². The highest BCUT2D eigenvalue weighted by molar-refractivity contribution is 7.99. The van der Waals surface area contributed by atoms with Crippen LogP contribution >= 0.6 is 23.4 Å². The van der Waals surface area contributed by atoms with Crippen LogP contribution in [-0.4, -0.2) is 45.1 Å². The molecule has 2 N–H and O–H groups in total. The van der Waals surface area contributed by atoms with Crippen molar-refractivity contribution in [3.63, 3.8) is 0 Å². The molecule has 2 heterocycles. The van der Waals surface area contributed by atoms with Gasteiger partial charge in [-0.1, -0.05) is 29.4 Å². The number of aromatic nitrogens is 2. The molecule has 1 aromatic heterocycles. The Balaban J connectivity index is 1.68. The maximum Gasteiger partial charge on any atom is 0.233 e. The Kier molecular flexibility index (Phi) is 5.88. The van der Waals surface area contributed by atoms with Crippen LogP contribution in [0, 0.1) is 12.8 Å². The third-order valence-corrected chi connectivity index (χ3v) is 5.97. The van der Waals surface area contributed by atoms with Crippen molar-refractivity contribution >= 4 is 35.2 Å². The number of carbonyl (C=O) groups is 2. The van der Waals surface area contributed by atoms with Crippen molar-refractivity contribution in [3.05, 3.63) is 41.2 Å². The first-order valence-electron chi connectivity index (χ1n) is 8.46. The van der Waals surface area contributed by atoms with Crippen molar-refractivity contribution in [3.8, 4) is 5.69 Å². The van der Waals surface area contributed by atoms with Gasteiger partial charge in [0.2, 0.25) is 11.8 Å². The molecule has 2 amide bonds. The number of amides is 2. The first-order chi connectivity index (χ1) is 12.5. The van der Waals surface area contributed by atoms with Gasteiger partial charge in [-0.25, -0.2) is 4.98 Å². The van der Waals surface area contributed by atoms with E-state index in [-0.39, 0.29) is 23.5 Å². The number of imidazole rings is 1. The molecule has 138 valence electrons. The van der Waals surface area contributed by atoms with Crippen LogP contribution in [0.2, 0.25) is 5.02 Å². The predicted octanol–water partition coefficient (Wildman–Crippen LogP) is 2.65. The minimum atomic E-state index is -0.331. The highest BCUT2D eigenvalue weighted by Crippen LogP contribution is 2.27. The number of halogens is 1. The number of hydrogen-bond acceptors (Lipinski definition) is 4. The lowest BCUT2D eigenvalue weighted by molar-refractivity contribution is -0.132. The molecule has 26 heavy (non-hydrogen) atoms. The van der Waals surface area contributed by atoms with Gasteiger partial charge in [-0.2, -0.15) is 0 Å². The molecule has 1 aromatic carbocycles. The summed E-state index contributed by atoms with van der Waals surface area (Å²) in [5.41, 5.74) is 7.29. The second-order valence-electron chi connectivity index (χ2n) is 6.33. The monoisotopic (exact) mass is 392 g/mol. The molecule has 3 rings (SSSR count). The van der Waals surface area contributed by atoms with Crippen molar-refractivity contribution < 1.29 is 9.59 Å². The van der Waals surface area contributed by atoms with Gasteiger partial charge in [0, 0.05) is 30.5 Å². The second-order valence-corrected chi connectivity index (χ2v) is 7.68. The summed E-state index contributed by atoms with van der Waals surface area (Å²) >= 11 is 7.59. The zero-order chi connectivity index (χ0) is 18.7. The van der Waals surface area contributed by atoms with Gasteiger partial charge in [0.25, 0.3) is 0 Å². The lowest BCUT2D eigenvalue weighted by atomic mass is 9.97. The van der Waals surface area contributed by atoms with Gasteiger partial charge in [0.05, 0.1) is 17.4 Å². The molecule has 0 aliphatic carbocycles. The fraction of sp³-hybridized carbons (Fsp3) is 0.389. The Labute approximate surface area is 161 Å². The number of nitrogens with zero attached hydrogens (tertiary/aromatic N) is 3. The molecule has 6 nitrogen and oxygen atoms in total. The van der Waals surface area contributed by atoms with Crippen LogP contribution in [0.1, 0.15) is 18.4 Å². The van der Waals surface area contributed by atoms with Gasteiger partial charge in [-0.3, -0.25) is 14.2 Å². The summed E-state index contributed by atoms with van der Waals surface area (Å²) in [5.74, 6) is -0.309. The maximum atomic E-state index is 12.5. The Morgan fingerprint density at radius 2 is 2.23 bits per heavy atom. The highest BCUT2D eigenvalue weighted by atomic mass is 35.5. The number of likely N-dealkylation sites (tertiary alicyclic amines) is 1. The van der Waals surface area contributed by atoms with E-state index < -0.39 is 0 Å². The normalized spacial score (nSPS) is 17.3. The zero-order valence-corrected chi connectivity index (χ0v) is 16.1. The van der Waals surface area contributed by atoms with E-state index in [1.54, 1.807) is 11.1 Å². The first-order valence-corrected chi connectivity index (χ1v) is 9.82. The Hall–Kier alpha value is -1.99. The van der Waals surface area contributed by atoms with Gasteiger partial charge in [-0.05, 0) is 37.5 Å². The van der Waals surface area contributed by atoms with Crippen LogP contribution in [0.4, 0.5) is 0 Å². The van der Waals surface area contributed by atoms with Gasteiger partial charge in [0.15, 0.2) is 5.16 Å². The van der Waals surface area contributed by atoms with Gasteiger partial charge in [0.1, 0.15) is 0 Å². The molecular weight excluding hydrogens is 372 g/mol. The Morgan fingerprint density at radius 1 is 1.42 bits per heavy atom. The molecule has 1 fully saturated rings. The van der Waals surface area contributed by atoms with Gasteiger partial charge in [-0.15, -0.1) is 0 Å². The van der Waals surface area contributed by atoms with Crippen LogP contribution < -0.4 is 5.73 Å². The number of rotatable bonds is 5. The highest BCUT2D eigenvalue weighted by Gasteiger charge is 2.27. The lowest BCUT2D eigenvalue weighted by Gasteiger charge is -2.31. The molecule has 0 radical (unpaired) electrons. The third kappa shape index (κ3) is 4.04. The molecule has 0 saturated carbocycles. The molecular formula is C18H21ClN4O2S. The largest absolute Gasteiger partial charge is 0.369 e. The number of hydrogen-bond donors (Lipinski definition) is 1. The summed E-state index contributed by atoms with van der Waals surface area (Å²) in [5, 5.41) is 1.42. The second kappa shape index (κ2) is 8.14. The summed E-state index contributed by atoms with van der Waals surface area (Å²) in [6.45, 7) is 3.04. The predicted molar refractivity (Wildman–Crippen MR) is 103 cm³/mol. The third-order valence-electron chi connectivity index (χ3n) is 4.61. The molecule has 1 aliphatic heterocycles. The number of benzene rings is 1. The molecule has 0 spiro atoms. The Bertz CT molecular complexity index is 823. The minimum Gasteiger partial charge on any atom is -0.369 e. The van der Waals surface area contributed by atoms with Gasteiger partial charge >= 0.3 is 0 Å². The standard InChI is InChI=1S/C18H21ClN4O2S/c1-12-14(19)5-2-6-15(12)23-9-7-21-18(23)26-11-16(24)22-8-3-4-13(10-22)17(20)25/h2,5-7,9,13H,3-4,8,10-11H2,1H3,(H2,20,25). The minimum absolute atomic E-state index is 0.00156. The van der Waals surface area contributed by atoms with E-state index in [4.69, 9.17) is 17.3 Å². The van der Waals surface area contributed by atoms with Crippen molar-refractivity contribution in [2.45, 2.75) is 24.9 Å². The Morgan fingerprint density at radius 3 is 3.00 bits per heavy atom. The molecule has 1 unspecified atom stereocenters. The van der Waals surface area contributed by atoms with Crippen LogP contribution in [0.25, 0.3) is 5.69 Å². The van der Waals surface area contributed by atoms with Crippen LogP contribution in [0.15, 0.2) is 35.7 Å². The van der Waals surface area contributed by atoms with E-state index >= 15 is 0 Å². The zero-order valence-electron chi connectivity index (χ0n) is 14.5. The summed E-state index contributed by atoms with van der Waals surface area (Å²) in [4.78, 5) is 30.0. The first kappa shape index (κ1) is 18.8. The number of carbonyl (C=O) groups excluding carboxylic acids is 2. The average molecular weight is 393 g/mol. The number of primary amides is 1. The lowest BCUT2D eigenvalue weighted by Crippen LogP contribution is -2.44. The van der Waals surface area contributed by atoms with Crippen molar-refractivity contribution in [2.75, 3.05) is 18.8 Å². The van der Waals surface area contributed by atoms with Gasteiger partial charge < -0.3 is 10.6 Å². The average Bonchev–Trinajstić information content (AvgIpc) is 3.10. The summed E-state index contributed by atoms with van der Waals surface area (Å²) in [6.07, 6.45) is 5.12. The van der Waals surface area contributed by atoms with Crippen molar-refractivity contribution in [2.24, 2.45) is 11.7 Å². The molecule has 1 atom stereocenters. The molecule has 0 bridgehead atoms. The quantitative estimate of drug-likeness (QED) is 0.793. The number of piperidine rings is 1. The van der Waals surface area contributed by atoms with Crippen molar-refractivity contribution in [1.82, 2.24) is 14.5 Å². The smallest absolute Gasteiger partial charge is 0.233 e. The van der Waals surface area contributed by atoms with E-state index in [9.17, 15) is 9.59 Å². The van der Waals surface area contributed by atoms with Crippen LogP contribution in [-0.2, 0) is 9.59 Å². The molecule has 8 heteroatoms. The maximum absolute atomic E-state index is 12.5. The van der Waals surface area contributed by atoms with E-state index in [1.165, 1.54) is 11.8 Å². The summed E-state index contributed by atoms with van der Waals surface area (Å²) in [7, 11) is 0. The van der Waals surface area contributed by atoms with E-state index in [0.717, 1.165) is 29.2 Å². The van der Waals surface area contributed by atoms with E-state index in [0.29, 0.717) is 18.1 Å². The topological polar surface area (TPSA) is 81.2 Å². The fourth-order valence-electron chi connectivity index (χ4n) is 3.09. The molecule has 1 aliphatic rings. The fourth-order valence-corrected chi connectivity index (χ4v) is 4.13. The SMILES string of the molecule is Cc1c(Cl)cccc1-n1ccnc1SCC(=O)N1CCCC(C(N)=O)C1. The molecule has 2 aromatic rings. The summed E-state index contributed by atoms with van der Waals surface area (Å²) in [6, 6.07) is 5.71. The number of thioether (sulfide) groups is 1. The van der Waals surface area contributed by atoms with Crippen LogP contribution in [0.3, 0.4) is 0 Å². The van der Waals surface area contributed by atoms with Crippen molar-refractivity contribution in [1.29, 1.82) is 0 Å². The summed E-state index contributed by atoms with van der Waals surface area (Å²) < 4.78 is 1.93.